The van der Waals surface area contributed by atoms with E-state index < -0.39 is 0 Å². The lowest BCUT2D eigenvalue weighted by atomic mass is 10.3. The Morgan fingerprint density at radius 1 is 1.14 bits per heavy atom. The summed E-state index contributed by atoms with van der Waals surface area (Å²) in [5.41, 5.74) is 2.10. The molecule has 3 aromatic rings. The van der Waals surface area contributed by atoms with Crippen LogP contribution in [0.4, 0.5) is 0 Å². The van der Waals surface area contributed by atoms with Crippen molar-refractivity contribution in [2.24, 2.45) is 0 Å². The second-order valence-electron chi connectivity index (χ2n) is 4.17. The van der Waals surface area contributed by atoms with E-state index in [9.17, 15) is 4.79 Å². The molecule has 0 radical (unpaired) electrons. The lowest BCUT2D eigenvalue weighted by Gasteiger charge is -2.03. The van der Waals surface area contributed by atoms with Gasteiger partial charge in [0.2, 0.25) is 0 Å². The standard InChI is InChI=1S/C14H10ClN3O3/c1-20-10-3-4-12-13(7-10)17-18(16-12)9-2-5-14(21-8-19)11(15)6-9/h2-8H,1H3. The number of nitrogens with zero attached hydrogens (tertiary/aromatic N) is 3. The van der Waals surface area contributed by atoms with Gasteiger partial charge in [0.1, 0.15) is 22.5 Å². The van der Waals surface area contributed by atoms with Gasteiger partial charge >= 0.3 is 0 Å². The van der Waals surface area contributed by atoms with Gasteiger partial charge < -0.3 is 9.47 Å². The van der Waals surface area contributed by atoms with Crippen molar-refractivity contribution in [3.8, 4) is 17.2 Å². The number of halogens is 1. The molecular formula is C14H10ClN3O3. The van der Waals surface area contributed by atoms with Crippen molar-refractivity contribution in [2.45, 2.75) is 0 Å². The molecule has 0 amide bonds. The van der Waals surface area contributed by atoms with Crippen LogP contribution in [-0.2, 0) is 4.79 Å². The molecule has 0 aliphatic heterocycles. The van der Waals surface area contributed by atoms with Crippen molar-refractivity contribution in [1.29, 1.82) is 0 Å². The predicted octanol–water partition coefficient (Wildman–Crippen LogP) is 2.62. The van der Waals surface area contributed by atoms with Gasteiger partial charge in [-0.05, 0) is 30.3 Å². The summed E-state index contributed by atoms with van der Waals surface area (Å²) in [5, 5.41) is 9.03. The van der Waals surface area contributed by atoms with Crippen LogP contribution < -0.4 is 9.47 Å². The first-order valence-electron chi connectivity index (χ1n) is 6.02. The zero-order valence-electron chi connectivity index (χ0n) is 11.0. The Morgan fingerprint density at radius 2 is 1.95 bits per heavy atom. The Hall–Kier alpha value is -2.60. The fourth-order valence-corrected chi connectivity index (χ4v) is 2.12. The van der Waals surface area contributed by atoms with E-state index in [1.807, 2.05) is 12.1 Å². The number of carbonyl (C=O) groups excluding carboxylic acids is 1. The normalized spacial score (nSPS) is 10.6. The van der Waals surface area contributed by atoms with Gasteiger partial charge in [-0.3, -0.25) is 4.79 Å². The van der Waals surface area contributed by atoms with E-state index in [0.717, 1.165) is 5.52 Å². The minimum atomic E-state index is 0.286. The van der Waals surface area contributed by atoms with Gasteiger partial charge in [0.25, 0.3) is 6.47 Å². The summed E-state index contributed by atoms with van der Waals surface area (Å²) in [7, 11) is 1.59. The van der Waals surface area contributed by atoms with Gasteiger partial charge in [0, 0.05) is 6.07 Å². The third-order valence-corrected chi connectivity index (χ3v) is 3.20. The summed E-state index contributed by atoms with van der Waals surface area (Å²) >= 11 is 6.03. The van der Waals surface area contributed by atoms with Crippen LogP contribution in [-0.4, -0.2) is 28.6 Å². The van der Waals surface area contributed by atoms with Crippen LogP contribution in [0.2, 0.25) is 5.02 Å². The first-order valence-corrected chi connectivity index (χ1v) is 6.40. The molecule has 0 aliphatic rings. The zero-order valence-corrected chi connectivity index (χ0v) is 11.7. The third-order valence-electron chi connectivity index (χ3n) is 2.91. The van der Waals surface area contributed by atoms with Crippen molar-refractivity contribution in [1.82, 2.24) is 15.0 Å². The minimum Gasteiger partial charge on any atom is -0.497 e. The second kappa shape index (κ2) is 5.41. The number of ether oxygens (including phenoxy) is 2. The monoisotopic (exact) mass is 303 g/mol. The maximum atomic E-state index is 10.3. The molecule has 106 valence electrons. The van der Waals surface area contributed by atoms with Crippen molar-refractivity contribution < 1.29 is 14.3 Å². The molecule has 1 aromatic heterocycles. The van der Waals surface area contributed by atoms with Crippen molar-refractivity contribution in [3.05, 3.63) is 41.4 Å². The summed E-state index contributed by atoms with van der Waals surface area (Å²) in [6.07, 6.45) is 0. The molecule has 0 atom stereocenters. The highest BCUT2D eigenvalue weighted by atomic mass is 35.5. The highest BCUT2D eigenvalue weighted by molar-refractivity contribution is 6.32. The molecule has 2 aromatic carbocycles. The molecule has 0 bridgehead atoms. The Morgan fingerprint density at radius 3 is 2.67 bits per heavy atom. The lowest BCUT2D eigenvalue weighted by molar-refractivity contribution is -0.120. The topological polar surface area (TPSA) is 66.2 Å². The molecule has 6 nitrogen and oxygen atoms in total. The molecule has 1 heterocycles. The number of carbonyl (C=O) groups is 1. The number of methoxy groups -OCH3 is 1. The Bertz CT molecular complexity index is 816. The smallest absolute Gasteiger partial charge is 0.298 e. The highest BCUT2D eigenvalue weighted by Gasteiger charge is 2.09. The van der Waals surface area contributed by atoms with Crippen LogP contribution in [0.3, 0.4) is 0 Å². The fourth-order valence-electron chi connectivity index (χ4n) is 1.90. The van der Waals surface area contributed by atoms with Crippen LogP contribution in [0, 0.1) is 0 Å². The van der Waals surface area contributed by atoms with E-state index in [-0.39, 0.29) is 5.75 Å². The van der Waals surface area contributed by atoms with Crippen LogP contribution in [0.5, 0.6) is 11.5 Å². The molecule has 3 rings (SSSR count). The maximum absolute atomic E-state index is 10.3. The van der Waals surface area contributed by atoms with E-state index in [4.69, 9.17) is 21.1 Å². The van der Waals surface area contributed by atoms with E-state index >= 15 is 0 Å². The number of hydrogen-bond donors (Lipinski definition) is 0. The average Bonchev–Trinajstić information content (AvgIpc) is 2.92. The fraction of sp³-hybridized carbons (Fsp3) is 0.0714. The summed E-state index contributed by atoms with van der Waals surface area (Å²) in [6, 6.07) is 10.3. The zero-order chi connectivity index (χ0) is 14.8. The molecule has 0 spiro atoms. The number of aromatic nitrogens is 3. The predicted molar refractivity (Wildman–Crippen MR) is 77.1 cm³/mol. The average molecular weight is 304 g/mol. The Kier molecular flexibility index (Phi) is 3.45. The van der Waals surface area contributed by atoms with E-state index in [1.165, 1.54) is 4.80 Å². The van der Waals surface area contributed by atoms with E-state index in [1.54, 1.807) is 31.4 Å². The molecule has 0 saturated carbocycles. The van der Waals surface area contributed by atoms with Gasteiger partial charge in [-0.2, -0.15) is 4.80 Å². The first kappa shape index (κ1) is 13.4. The van der Waals surface area contributed by atoms with Crippen LogP contribution in [0.15, 0.2) is 36.4 Å². The number of fused-ring (bicyclic) bond motifs is 1. The summed E-state index contributed by atoms with van der Waals surface area (Å²) in [4.78, 5) is 11.8. The Balaban J connectivity index is 2.03. The molecular weight excluding hydrogens is 294 g/mol. The third kappa shape index (κ3) is 2.53. The van der Waals surface area contributed by atoms with Gasteiger partial charge in [-0.15, -0.1) is 10.2 Å². The number of rotatable bonds is 4. The van der Waals surface area contributed by atoms with Crippen molar-refractivity contribution in [2.75, 3.05) is 7.11 Å². The SMILES string of the molecule is COc1ccc2nn(-c3ccc(OC=O)c(Cl)c3)nc2c1. The largest absolute Gasteiger partial charge is 0.497 e. The molecule has 21 heavy (non-hydrogen) atoms. The van der Waals surface area contributed by atoms with Gasteiger partial charge in [-0.1, -0.05) is 11.6 Å². The number of hydrogen-bond acceptors (Lipinski definition) is 5. The minimum absolute atomic E-state index is 0.286. The van der Waals surface area contributed by atoms with Crippen molar-refractivity contribution in [3.63, 3.8) is 0 Å². The number of benzene rings is 2. The molecule has 0 saturated heterocycles. The molecule has 0 aliphatic carbocycles. The van der Waals surface area contributed by atoms with Crippen LogP contribution in [0.1, 0.15) is 0 Å². The van der Waals surface area contributed by atoms with E-state index in [0.29, 0.717) is 28.4 Å². The second-order valence-corrected chi connectivity index (χ2v) is 4.58. The van der Waals surface area contributed by atoms with Gasteiger partial charge in [0.15, 0.2) is 0 Å². The quantitative estimate of drug-likeness (QED) is 0.693. The van der Waals surface area contributed by atoms with Crippen LogP contribution in [0.25, 0.3) is 16.7 Å². The van der Waals surface area contributed by atoms with Crippen molar-refractivity contribution >= 4 is 29.1 Å². The van der Waals surface area contributed by atoms with Gasteiger partial charge in [-0.25, -0.2) is 0 Å². The molecule has 0 fully saturated rings. The summed E-state index contributed by atoms with van der Waals surface area (Å²) in [6.45, 7) is 0.327. The molecule has 0 N–H and O–H groups in total. The van der Waals surface area contributed by atoms with Gasteiger partial charge in [0.05, 0.1) is 17.8 Å². The summed E-state index contributed by atoms with van der Waals surface area (Å²) < 4.78 is 9.89. The Labute approximate surface area is 124 Å². The summed E-state index contributed by atoms with van der Waals surface area (Å²) in [5.74, 6) is 0.996. The highest BCUT2D eigenvalue weighted by Crippen LogP contribution is 2.27. The van der Waals surface area contributed by atoms with E-state index in [2.05, 4.69) is 10.2 Å². The molecule has 0 unspecified atom stereocenters. The van der Waals surface area contributed by atoms with Crippen LogP contribution >= 0.6 is 11.6 Å². The maximum Gasteiger partial charge on any atom is 0.298 e. The first-order chi connectivity index (χ1) is 10.2. The lowest BCUT2D eigenvalue weighted by Crippen LogP contribution is -1.99. The molecule has 7 heteroatoms.